The first-order valence-electron chi connectivity index (χ1n) is 6.15. The Morgan fingerprint density at radius 3 is 2.94 bits per heavy atom. The molecule has 1 amide bonds. The van der Waals surface area contributed by atoms with Crippen LogP contribution < -0.4 is 0 Å². The van der Waals surface area contributed by atoms with Crippen LogP contribution in [0, 0.1) is 6.92 Å². The van der Waals surface area contributed by atoms with Crippen molar-refractivity contribution >= 4 is 17.5 Å². The molecule has 3 nitrogen and oxygen atoms in total. The van der Waals surface area contributed by atoms with Crippen molar-refractivity contribution < 1.29 is 9.21 Å². The highest BCUT2D eigenvalue weighted by molar-refractivity contribution is 6.18. The predicted octanol–water partition coefficient (Wildman–Crippen LogP) is 3.21. The van der Waals surface area contributed by atoms with E-state index in [9.17, 15) is 4.79 Å². The van der Waals surface area contributed by atoms with Gasteiger partial charge in [-0.3, -0.25) is 4.79 Å². The van der Waals surface area contributed by atoms with Gasteiger partial charge in [-0.25, -0.2) is 0 Å². The molecule has 1 saturated heterocycles. The molecule has 0 aliphatic carbocycles. The molecule has 0 spiro atoms. The zero-order valence-electron chi connectivity index (χ0n) is 10.1. The van der Waals surface area contributed by atoms with E-state index in [1.807, 2.05) is 17.9 Å². The van der Waals surface area contributed by atoms with Gasteiger partial charge in [0, 0.05) is 18.5 Å². The number of hydrogen-bond acceptors (Lipinski definition) is 2. The molecule has 4 heteroatoms. The number of amides is 1. The van der Waals surface area contributed by atoms with E-state index in [-0.39, 0.29) is 11.9 Å². The average molecular weight is 256 g/mol. The molecule has 1 unspecified atom stereocenters. The first-order valence-corrected chi connectivity index (χ1v) is 6.69. The highest BCUT2D eigenvalue weighted by Gasteiger charge is 2.27. The molecule has 0 radical (unpaired) electrons. The number of furan rings is 1. The van der Waals surface area contributed by atoms with E-state index >= 15 is 0 Å². The molecule has 1 aliphatic rings. The smallest absolute Gasteiger partial charge is 0.289 e. The monoisotopic (exact) mass is 255 g/mol. The summed E-state index contributed by atoms with van der Waals surface area (Å²) in [6.07, 6.45) is 4.38. The van der Waals surface area contributed by atoms with Crippen molar-refractivity contribution in [3.63, 3.8) is 0 Å². The van der Waals surface area contributed by atoms with Crippen molar-refractivity contribution in [1.82, 2.24) is 4.90 Å². The fourth-order valence-electron chi connectivity index (χ4n) is 2.30. The Bertz CT molecular complexity index is 389. The van der Waals surface area contributed by atoms with E-state index in [4.69, 9.17) is 16.0 Å². The quantitative estimate of drug-likeness (QED) is 0.761. The summed E-state index contributed by atoms with van der Waals surface area (Å²) in [5.41, 5.74) is 0. The van der Waals surface area contributed by atoms with Gasteiger partial charge in [0.15, 0.2) is 5.76 Å². The molecule has 1 aromatic heterocycles. The molecule has 94 valence electrons. The van der Waals surface area contributed by atoms with Crippen LogP contribution in [0.25, 0.3) is 0 Å². The summed E-state index contributed by atoms with van der Waals surface area (Å²) in [7, 11) is 0. The minimum atomic E-state index is -0.0225. The molecule has 0 saturated carbocycles. The Hall–Kier alpha value is -0.960. The van der Waals surface area contributed by atoms with Crippen LogP contribution in [0.1, 0.15) is 42.0 Å². The molecule has 0 bridgehead atoms. The minimum absolute atomic E-state index is 0.0225. The van der Waals surface area contributed by atoms with Crippen LogP contribution in [0.2, 0.25) is 0 Å². The van der Waals surface area contributed by atoms with Crippen LogP contribution in [0.4, 0.5) is 0 Å². The zero-order valence-corrected chi connectivity index (χ0v) is 10.9. The summed E-state index contributed by atoms with van der Waals surface area (Å²) in [5.74, 6) is 1.68. The van der Waals surface area contributed by atoms with Crippen LogP contribution in [0.3, 0.4) is 0 Å². The third-order valence-corrected chi connectivity index (χ3v) is 3.62. The third-order valence-electron chi connectivity index (χ3n) is 3.27. The van der Waals surface area contributed by atoms with E-state index in [0.717, 1.165) is 31.6 Å². The van der Waals surface area contributed by atoms with E-state index in [0.29, 0.717) is 11.6 Å². The van der Waals surface area contributed by atoms with Gasteiger partial charge >= 0.3 is 0 Å². The second-order valence-corrected chi connectivity index (χ2v) is 4.87. The molecule has 2 heterocycles. The molecular formula is C13H18ClNO2. The topological polar surface area (TPSA) is 33.5 Å². The number of carbonyl (C=O) groups excluding carboxylic acids is 1. The lowest BCUT2D eigenvalue weighted by molar-refractivity contribution is 0.0666. The number of halogens is 1. The SMILES string of the molecule is Cc1ccc(C(=O)N2CCCCCC2CCl)o1. The first kappa shape index (κ1) is 12.5. The molecular weight excluding hydrogens is 238 g/mol. The fraction of sp³-hybridized carbons (Fsp3) is 0.615. The Morgan fingerprint density at radius 1 is 1.47 bits per heavy atom. The second-order valence-electron chi connectivity index (χ2n) is 4.57. The van der Waals surface area contributed by atoms with Crippen LogP contribution in [-0.4, -0.2) is 29.3 Å². The maximum atomic E-state index is 12.3. The standard InChI is InChI=1S/C13H18ClNO2/c1-10-6-7-12(17-10)13(16)15-8-4-2-3-5-11(15)9-14/h6-7,11H,2-5,8-9H2,1H3. The van der Waals surface area contributed by atoms with E-state index in [1.165, 1.54) is 6.42 Å². The van der Waals surface area contributed by atoms with Gasteiger partial charge in [-0.15, -0.1) is 11.6 Å². The number of hydrogen-bond donors (Lipinski definition) is 0. The van der Waals surface area contributed by atoms with Gasteiger partial charge in [-0.05, 0) is 31.9 Å². The molecule has 1 fully saturated rings. The normalized spacial score (nSPS) is 21.3. The van der Waals surface area contributed by atoms with Crippen molar-refractivity contribution in [3.05, 3.63) is 23.7 Å². The minimum Gasteiger partial charge on any atom is -0.456 e. The van der Waals surface area contributed by atoms with Crippen LogP contribution >= 0.6 is 11.6 Å². The Kier molecular flexibility index (Phi) is 4.11. The fourth-order valence-corrected chi connectivity index (χ4v) is 2.62. The van der Waals surface area contributed by atoms with Crippen molar-refractivity contribution in [1.29, 1.82) is 0 Å². The van der Waals surface area contributed by atoms with Crippen LogP contribution in [-0.2, 0) is 0 Å². The molecule has 2 rings (SSSR count). The van der Waals surface area contributed by atoms with Gasteiger partial charge in [0.2, 0.25) is 0 Å². The van der Waals surface area contributed by atoms with E-state index < -0.39 is 0 Å². The Labute approximate surface area is 107 Å². The van der Waals surface area contributed by atoms with Gasteiger partial charge < -0.3 is 9.32 Å². The molecule has 17 heavy (non-hydrogen) atoms. The summed E-state index contributed by atoms with van der Waals surface area (Å²) in [6, 6.07) is 3.71. The largest absolute Gasteiger partial charge is 0.456 e. The van der Waals surface area contributed by atoms with Crippen molar-refractivity contribution in [3.8, 4) is 0 Å². The molecule has 0 aromatic carbocycles. The average Bonchev–Trinajstić information content (AvgIpc) is 2.64. The molecule has 0 N–H and O–H groups in total. The highest BCUT2D eigenvalue weighted by atomic mass is 35.5. The Balaban J connectivity index is 2.15. The number of carbonyl (C=O) groups is 1. The lowest BCUT2D eigenvalue weighted by Crippen LogP contribution is -2.40. The van der Waals surface area contributed by atoms with E-state index in [1.54, 1.807) is 6.07 Å². The molecule has 1 aliphatic heterocycles. The maximum Gasteiger partial charge on any atom is 0.289 e. The molecule has 1 aromatic rings. The Morgan fingerprint density at radius 2 is 2.29 bits per heavy atom. The first-order chi connectivity index (χ1) is 8.22. The molecule has 1 atom stereocenters. The summed E-state index contributed by atoms with van der Waals surface area (Å²) < 4.78 is 5.40. The number of rotatable bonds is 2. The van der Waals surface area contributed by atoms with Crippen molar-refractivity contribution in [2.75, 3.05) is 12.4 Å². The summed E-state index contributed by atoms with van der Waals surface area (Å²) >= 11 is 5.96. The third kappa shape index (κ3) is 2.83. The number of nitrogens with zero attached hydrogens (tertiary/aromatic N) is 1. The van der Waals surface area contributed by atoms with Gasteiger partial charge in [0.1, 0.15) is 5.76 Å². The number of aryl methyl sites for hydroxylation is 1. The predicted molar refractivity (Wildman–Crippen MR) is 67.5 cm³/mol. The van der Waals surface area contributed by atoms with Gasteiger partial charge in [-0.1, -0.05) is 12.8 Å². The van der Waals surface area contributed by atoms with Crippen LogP contribution in [0.15, 0.2) is 16.5 Å². The lowest BCUT2D eigenvalue weighted by atomic mass is 10.1. The summed E-state index contributed by atoms with van der Waals surface area (Å²) in [6.45, 7) is 2.63. The summed E-state index contributed by atoms with van der Waals surface area (Å²) in [5, 5.41) is 0. The second kappa shape index (κ2) is 5.58. The van der Waals surface area contributed by atoms with Gasteiger partial charge in [0.05, 0.1) is 0 Å². The van der Waals surface area contributed by atoms with Gasteiger partial charge in [0.25, 0.3) is 5.91 Å². The highest BCUT2D eigenvalue weighted by Crippen LogP contribution is 2.21. The van der Waals surface area contributed by atoms with E-state index in [2.05, 4.69) is 0 Å². The van der Waals surface area contributed by atoms with Crippen molar-refractivity contribution in [2.45, 2.75) is 38.6 Å². The zero-order chi connectivity index (χ0) is 12.3. The van der Waals surface area contributed by atoms with Crippen molar-refractivity contribution in [2.24, 2.45) is 0 Å². The maximum absolute atomic E-state index is 12.3. The van der Waals surface area contributed by atoms with Gasteiger partial charge in [-0.2, -0.15) is 0 Å². The number of likely N-dealkylation sites (tertiary alicyclic amines) is 1. The lowest BCUT2D eigenvalue weighted by Gasteiger charge is -2.27. The number of alkyl halides is 1. The van der Waals surface area contributed by atoms with Crippen LogP contribution in [0.5, 0.6) is 0 Å². The summed E-state index contributed by atoms with van der Waals surface area (Å²) in [4.78, 5) is 14.2.